The van der Waals surface area contributed by atoms with Gasteiger partial charge in [-0.25, -0.2) is 0 Å². The van der Waals surface area contributed by atoms with Gasteiger partial charge in [0.25, 0.3) is 0 Å². The zero-order valence-electron chi connectivity index (χ0n) is 8.72. The number of rotatable bonds is 3. The van der Waals surface area contributed by atoms with Gasteiger partial charge in [-0.05, 0) is 19.4 Å². The summed E-state index contributed by atoms with van der Waals surface area (Å²) in [5.74, 6) is 1.36. The number of thiazole rings is 1. The van der Waals surface area contributed by atoms with Gasteiger partial charge in [-0.1, -0.05) is 5.16 Å². The van der Waals surface area contributed by atoms with Crippen LogP contribution in [-0.4, -0.2) is 27.7 Å². The Balaban J connectivity index is 1.72. The van der Waals surface area contributed by atoms with Crippen molar-refractivity contribution in [1.82, 2.24) is 20.4 Å². The second-order valence-electron chi connectivity index (χ2n) is 3.87. The normalized spacial score (nSPS) is 20.4. The Hall–Kier alpha value is -1.27. The lowest BCUT2D eigenvalue weighted by Crippen LogP contribution is -2.23. The van der Waals surface area contributed by atoms with E-state index in [0.717, 1.165) is 17.8 Å². The van der Waals surface area contributed by atoms with E-state index in [-0.39, 0.29) is 0 Å². The van der Waals surface area contributed by atoms with Crippen LogP contribution in [-0.2, 0) is 6.42 Å². The molecule has 0 bridgehead atoms. The molecule has 3 heterocycles. The Labute approximate surface area is 96.9 Å². The standard InChI is InChI=1S/C10H12N4OS/c1-2-7(12-3-1)4-9-13-10(14-15-9)8-5-11-6-16-8/h5-7,12H,1-4H2. The van der Waals surface area contributed by atoms with Gasteiger partial charge in [0.1, 0.15) is 0 Å². The minimum atomic E-state index is 0.495. The van der Waals surface area contributed by atoms with Gasteiger partial charge in [-0.3, -0.25) is 4.98 Å². The molecule has 0 spiro atoms. The van der Waals surface area contributed by atoms with E-state index in [4.69, 9.17) is 4.52 Å². The molecule has 2 aromatic rings. The molecule has 3 rings (SSSR count). The molecule has 1 aliphatic heterocycles. The SMILES string of the molecule is c1ncc(-c2noc(CC3CCCN3)n2)s1. The third kappa shape index (κ3) is 1.98. The molecule has 1 N–H and O–H groups in total. The highest BCUT2D eigenvalue weighted by atomic mass is 32.1. The van der Waals surface area contributed by atoms with E-state index >= 15 is 0 Å². The van der Waals surface area contributed by atoms with Gasteiger partial charge in [0.2, 0.25) is 11.7 Å². The average Bonchev–Trinajstić information content (AvgIpc) is 2.99. The van der Waals surface area contributed by atoms with Crippen LogP contribution in [0.4, 0.5) is 0 Å². The zero-order chi connectivity index (χ0) is 10.8. The largest absolute Gasteiger partial charge is 0.339 e. The van der Waals surface area contributed by atoms with Crippen molar-refractivity contribution < 1.29 is 4.52 Å². The predicted molar refractivity (Wildman–Crippen MR) is 60.1 cm³/mol. The van der Waals surface area contributed by atoms with Gasteiger partial charge in [0, 0.05) is 18.7 Å². The number of hydrogen-bond acceptors (Lipinski definition) is 6. The minimum absolute atomic E-state index is 0.495. The van der Waals surface area contributed by atoms with Crippen molar-refractivity contribution in [3.05, 3.63) is 17.6 Å². The fourth-order valence-electron chi connectivity index (χ4n) is 1.91. The van der Waals surface area contributed by atoms with E-state index in [9.17, 15) is 0 Å². The highest BCUT2D eigenvalue weighted by Crippen LogP contribution is 2.20. The number of aromatic nitrogens is 3. The molecular weight excluding hydrogens is 224 g/mol. The number of nitrogens with zero attached hydrogens (tertiary/aromatic N) is 3. The maximum atomic E-state index is 5.23. The summed E-state index contributed by atoms with van der Waals surface area (Å²) >= 11 is 1.52. The molecule has 1 aliphatic rings. The summed E-state index contributed by atoms with van der Waals surface area (Å²) in [6.45, 7) is 1.10. The molecule has 1 saturated heterocycles. The van der Waals surface area contributed by atoms with Crippen LogP contribution in [0, 0.1) is 0 Å². The van der Waals surface area contributed by atoms with E-state index in [1.807, 2.05) is 0 Å². The second-order valence-corrected chi connectivity index (χ2v) is 4.76. The minimum Gasteiger partial charge on any atom is -0.339 e. The summed E-state index contributed by atoms with van der Waals surface area (Å²) in [7, 11) is 0. The van der Waals surface area contributed by atoms with Crippen LogP contribution < -0.4 is 5.32 Å². The summed E-state index contributed by atoms with van der Waals surface area (Å²) in [4.78, 5) is 9.32. The highest BCUT2D eigenvalue weighted by Gasteiger charge is 2.18. The van der Waals surface area contributed by atoms with E-state index in [1.165, 1.54) is 24.2 Å². The molecule has 16 heavy (non-hydrogen) atoms. The molecule has 0 aromatic carbocycles. The van der Waals surface area contributed by atoms with Crippen LogP contribution in [0.3, 0.4) is 0 Å². The van der Waals surface area contributed by atoms with Crippen molar-refractivity contribution in [3.8, 4) is 10.7 Å². The van der Waals surface area contributed by atoms with Gasteiger partial charge in [-0.2, -0.15) is 4.98 Å². The molecule has 0 radical (unpaired) electrons. The molecule has 0 amide bonds. The quantitative estimate of drug-likeness (QED) is 0.874. The van der Waals surface area contributed by atoms with E-state index in [2.05, 4.69) is 20.4 Å². The summed E-state index contributed by atoms with van der Waals surface area (Å²) < 4.78 is 5.23. The Morgan fingerprint density at radius 3 is 3.31 bits per heavy atom. The zero-order valence-corrected chi connectivity index (χ0v) is 9.54. The van der Waals surface area contributed by atoms with Crippen molar-refractivity contribution in [2.45, 2.75) is 25.3 Å². The van der Waals surface area contributed by atoms with E-state index in [1.54, 1.807) is 11.7 Å². The van der Waals surface area contributed by atoms with Crippen LogP contribution >= 0.6 is 11.3 Å². The van der Waals surface area contributed by atoms with Gasteiger partial charge in [-0.15, -0.1) is 11.3 Å². The molecule has 1 fully saturated rings. The molecule has 6 heteroatoms. The topological polar surface area (TPSA) is 63.8 Å². The van der Waals surface area contributed by atoms with Crippen molar-refractivity contribution in [3.63, 3.8) is 0 Å². The van der Waals surface area contributed by atoms with Crippen LogP contribution in [0.2, 0.25) is 0 Å². The molecule has 2 aromatic heterocycles. The van der Waals surface area contributed by atoms with Gasteiger partial charge < -0.3 is 9.84 Å². The molecule has 0 saturated carbocycles. The first-order valence-electron chi connectivity index (χ1n) is 5.36. The smallest absolute Gasteiger partial charge is 0.228 e. The second kappa shape index (κ2) is 4.31. The Kier molecular flexibility index (Phi) is 2.67. The van der Waals surface area contributed by atoms with Crippen molar-refractivity contribution in [2.24, 2.45) is 0 Å². The predicted octanol–water partition coefficient (Wildman–Crippen LogP) is 1.49. The Morgan fingerprint density at radius 1 is 1.56 bits per heavy atom. The average molecular weight is 236 g/mol. The molecule has 5 nitrogen and oxygen atoms in total. The van der Waals surface area contributed by atoms with Gasteiger partial charge >= 0.3 is 0 Å². The van der Waals surface area contributed by atoms with Gasteiger partial charge in [0.15, 0.2) is 0 Å². The van der Waals surface area contributed by atoms with Crippen molar-refractivity contribution in [1.29, 1.82) is 0 Å². The summed E-state index contributed by atoms with van der Waals surface area (Å²) in [6, 6.07) is 0.495. The summed E-state index contributed by atoms with van der Waals surface area (Å²) in [5, 5.41) is 7.37. The fourth-order valence-corrected chi connectivity index (χ4v) is 2.45. The Bertz CT molecular complexity index is 447. The summed E-state index contributed by atoms with van der Waals surface area (Å²) in [6.07, 6.45) is 5.01. The number of nitrogens with one attached hydrogen (secondary N) is 1. The Morgan fingerprint density at radius 2 is 2.56 bits per heavy atom. The van der Waals surface area contributed by atoms with Gasteiger partial charge in [0.05, 0.1) is 10.4 Å². The van der Waals surface area contributed by atoms with Crippen molar-refractivity contribution in [2.75, 3.05) is 6.54 Å². The molecule has 84 valence electrons. The van der Waals surface area contributed by atoms with Crippen LogP contribution in [0.25, 0.3) is 10.7 Å². The lowest BCUT2D eigenvalue weighted by atomic mass is 10.1. The van der Waals surface area contributed by atoms with E-state index < -0.39 is 0 Å². The maximum Gasteiger partial charge on any atom is 0.228 e. The highest BCUT2D eigenvalue weighted by molar-refractivity contribution is 7.13. The first-order chi connectivity index (χ1) is 7.92. The third-order valence-corrected chi connectivity index (χ3v) is 3.47. The monoisotopic (exact) mass is 236 g/mol. The fraction of sp³-hybridized carbons (Fsp3) is 0.500. The van der Waals surface area contributed by atoms with Crippen LogP contribution in [0.1, 0.15) is 18.7 Å². The summed E-state index contributed by atoms with van der Waals surface area (Å²) in [5.41, 5.74) is 1.77. The van der Waals surface area contributed by atoms with Crippen LogP contribution in [0.15, 0.2) is 16.2 Å². The molecule has 0 aliphatic carbocycles. The molecule has 1 atom stereocenters. The first-order valence-corrected chi connectivity index (χ1v) is 6.24. The lowest BCUT2D eigenvalue weighted by Gasteiger charge is -2.04. The molecular formula is C10H12N4OS. The van der Waals surface area contributed by atoms with Crippen LogP contribution in [0.5, 0.6) is 0 Å². The third-order valence-electron chi connectivity index (χ3n) is 2.70. The van der Waals surface area contributed by atoms with E-state index in [0.29, 0.717) is 17.8 Å². The molecule has 1 unspecified atom stereocenters. The van der Waals surface area contributed by atoms with Crippen molar-refractivity contribution >= 4 is 11.3 Å². The number of hydrogen-bond donors (Lipinski definition) is 1. The lowest BCUT2D eigenvalue weighted by molar-refractivity contribution is 0.364. The first kappa shape index (κ1) is 9.92. The maximum absolute atomic E-state index is 5.23.